The summed E-state index contributed by atoms with van der Waals surface area (Å²) >= 11 is 0. The summed E-state index contributed by atoms with van der Waals surface area (Å²) in [7, 11) is -3.36. The lowest BCUT2D eigenvalue weighted by Crippen LogP contribution is -2.43. The molecular weight excluding hydrogens is 284 g/mol. The number of hydrogen-bond acceptors (Lipinski definition) is 3. The monoisotopic (exact) mass is 306 g/mol. The fraction of sp³-hybridized carbons (Fsp3) is 0.562. The summed E-state index contributed by atoms with van der Waals surface area (Å²) in [6, 6.07) is 9.05. The van der Waals surface area contributed by atoms with Crippen LogP contribution in [0.15, 0.2) is 24.3 Å². The number of benzene rings is 1. The quantitative estimate of drug-likeness (QED) is 0.812. The van der Waals surface area contributed by atoms with E-state index in [1.54, 1.807) is 28.6 Å². The van der Waals surface area contributed by atoms with Crippen molar-refractivity contribution in [2.24, 2.45) is 5.92 Å². The maximum Gasteiger partial charge on any atom is 0.218 e. The highest BCUT2D eigenvalue weighted by Crippen LogP contribution is 2.34. The number of nitrogens with zero attached hydrogens (tertiary/aromatic N) is 2. The molecule has 0 aliphatic heterocycles. The molecule has 1 fully saturated rings. The molecule has 0 spiro atoms. The Morgan fingerprint density at radius 1 is 1.33 bits per heavy atom. The van der Waals surface area contributed by atoms with Crippen molar-refractivity contribution in [2.75, 3.05) is 0 Å². The second-order valence-electron chi connectivity index (χ2n) is 6.11. The van der Waals surface area contributed by atoms with Crippen LogP contribution in [-0.4, -0.2) is 24.8 Å². The Balaban J connectivity index is 2.25. The summed E-state index contributed by atoms with van der Waals surface area (Å²) in [6.45, 7) is 6.07. The molecule has 21 heavy (non-hydrogen) atoms. The summed E-state index contributed by atoms with van der Waals surface area (Å²) in [4.78, 5) is 0. The van der Waals surface area contributed by atoms with Gasteiger partial charge in [-0.2, -0.15) is 9.57 Å². The Kier molecular flexibility index (Phi) is 4.70. The van der Waals surface area contributed by atoms with E-state index in [1.165, 1.54) is 0 Å². The molecule has 0 bridgehead atoms. The average Bonchev–Trinajstić information content (AvgIpc) is 3.22. The Hall–Kier alpha value is -1.38. The average molecular weight is 306 g/mol. The van der Waals surface area contributed by atoms with E-state index in [2.05, 4.69) is 6.07 Å². The Bertz CT molecular complexity index is 642. The molecule has 0 amide bonds. The number of hydrogen-bond donors (Lipinski definition) is 0. The SMILES string of the molecule is CC(C)C(C)N(C1CC1)S(=O)(=O)Cc1cccc(C#N)c1. The predicted molar refractivity (Wildman–Crippen MR) is 82.9 cm³/mol. The van der Waals surface area contributed by atoms with Crippen LogP contribution in [0.2, 0.25) is 0 Å². The van der Waals surface area contributed by atoms with Crippen molar-refractivity contribution in [3.8, 4) is 6.07 Å². The zero-order valence-electron chi connectivity index (χ0n) is 12.8. The summed E-state index contributed by atoms with van der Waals surface area (Å²) < 4.78 is 27.2. The standard InChI is InChI=1S/C16H22N2O2S/c1-12(2)13(3)18(16-7-8-16)21(19,20)11-15-6-4-5-14(9-15)10-17/h4-6,9,12-13,16H,7-8,11H2,1-3H3. The number of nitriles is 1. The first kappa shape index (κ1) is 16.0. The Morgan fingerprint density at radius 3 is 2.52 bits per heavy atom. The van der Waals surface area contributed by atoms with Crippen LogP contribution >= 0.6 is 0 Å². The normalized spacial score (nSPS) is 17.0. The van der Waals surface area contributed by atoms with Crippen molar-refractivity contribution in [3.05, 3.63) is 35.4 Å². The molecule has 0 heterocycles. The molecule has 0 saturated heterocycles. The number of rotatable bonds is 6. The van der Waals surface area contributed by atoms with Gasteiger partial charge in [0.1, 0.15) is 0 Å². The third-order valence-electron chi connectivity index (χ3n) is 4.00. The van der Waals surface area contributed by atoms with Gasteiger partial charge in [0, 0.05) is 12.1 Å². The molecule has 114 valence electrons. The second kappa shape index (κ2) is 6.17. The molecule has 2 rings (SSSR count). The third kappa shape index (κ3) is 3.84. The van der Waals surface area contributed by atoms with Gasteiger partial charge in [0.05, 0.1) is 17.4 Å². The van der Waals surface area contributed by atoms with Crippen LogP contribution in [0.5, 0.6) is 0 Å². The van der Waals surface area contributed by atoms with Gasteiger partial charge < -0.3 is 0 Å². The van der Waals surface area contributed by atoms with Crippen LogP contribution in [0.4, 0.5) is 0 Å². The molecule has 5 heteroatoms. The van der Waals surface area contributed by atoms with E-state index in [9.17, 15) is 8.42 Å². The first-order valence-corrected chi connectivity index (χ1v) is 8.96. The molecule has 4 nitrogen and oxygen atoms in total. The topological polar surface area (TPSA) is 61.2 Å². The molecule has 1 aliphatic carbocycles. The molecule has 1 aromatic carbocycles. The van der Waals surface area contributed by atoms with Crippen molar-refractivity contribution in [3.63, 3.8) is 0 Å². The van der Waals surface area contributed by atoms with Crippen LogP contribution in [0.25, 0.3) is 0 Å². The molecule has 1 atom stereocenters. The van der Waals surface area contributed by atoms with Gasteiger partial charge in [-0.1, -0.05) is 26.0 Å². The van der Waals surface area contributed by atoms with Crippen molar-refractivity contribution < 1.29 is 8.42 Å². The molecular formula is C16H22N2O2S. The predicted octanol–water partition coefficient (Wildman–Crippen LogP) is 2.90. The lowest BCUT2D eigenvalue weighted by Gasteiger charge is -2.31. The van der Waals surface area contributed by atoms with E-state index >= 15 is 0 Å². The first-order valence-electron chi connectivity index (χ1n) is 7.35. The zero-order valence-corrected chi connectivity index (χ0v) is 13.6. The lowest BCUT2D eigenvalue weighted by molar-refractivity contribution is 0.268. The smallest absolute Gasteiger partial charge is 0.212 e. The molecule has 1 aromatic rings. The van der Waals surface area contributed by atoms with Crippen LogP contribution < -0.4 is 0 Å². The van der Waals surface area contributed by atoms with Crippen LogP contribution in [0.1, 0.15) is 44.7 Å². The van der Waals surface area contributed by atoms with E-state index in [-0.39, 0.29) is 23.8 Å². The zero-order chi connectivity index (χ0) is 15.6. The van der Waals surface area contributed by atoms with Crippen molar-refractivity contribution in [1.82, 2.24) is 4.31 Å². The lowest BCUT2D eigenvalue weighted by atomic mass is 10.1. The highest BCUT2D eigenvalue weighted by Gasteiger charge is 2.40. The highest BCUT2D eigenvalue weighted by molar-refractivity contribution is 7.88. The van der Waals surface area contributed by atoms with E-state index in [1.807, 2.05) is 20.8 Å². The maximum absolute atomic E-state index is 12.8. The Labute approximate surface area is 127 Å². The fourth-order valence-corrected chi connectivity index (χ4v) is 4.62. The minimum Gasteiger partial charge on any atom is -0.212 e. The molecule has 0 radical (unpaired) electrons. The van der Waals surface area contributed by atoms with E-state index in [0.717, 1.165) is 12.8 Å². The van der Waals surface area contributed by atoms with Gasteiger partial charge in [0.2, 0.25) is 10.0 Å². The van der Waals surface area contributed by atoms with Crippen molar-refractivity contribution in [2.45, 2.75) is 51.4 Å². The summed E-state index contributed by atoms with van der Waals surface area (Å²) in [5, 5.41) is 8.92. The third-order valence-corrected chi connectivity index (χ3v) is 5.97. The van der Waals surface area contributed by atoms with Crippen molar-refractivity contribution >= 4 is 10.0 Å². The van der Waals surface area contributed by atoms with E-state index < -0.39 is 10.0 Å². The second-order valence-corrected chi connectivity index (χ2v) is 7.99. The molecule has 1 saturated carbocycles. The molecule has 1 aliphatic rings. The van der Waals surface area contributed by atoms with Gasteiger partial charge in [-0.25, -0.2) is 8.42 Å². The summed E-state index contributed by atoms with van der Waals surface area (Å²) in [5.74, 6) is 0.251. The summed E-state index contributed by atoms with van der Waals surface area (Å²) in [6.07, 6.45) is 1.91. The van der Waals surface area contributed by atoms with Gasteiger partial charge in [-0.05, 0) is 43.4 Å². The molecule has 0 N–H and O–H groups in total. The van der Waals surface area contributed by atoms with Crippen molar-refractivity contribution in [1.29, 1.82) is 5.26 Å². The van der Waals surface area contributed by atoms with Gasteiger partial charge in [0.15, 0.2) is 0 Å². The van der Waals surface area contributed by atoms with Gasteiger partial charge in [-0.3, -0.25) is 0 Å². The minimum atomic E-state index is -3.36. The maximum atomic E-state index is 12.8. The van der Waals surface area contributed by atoms with Crippen LogP contribution in [0, 0.1) is 17.2 Å². The van der Waals surface area contributed by atoms with E-state index in [0.29, 0.717) is 11.1 Å². The van der Waals surface area contributed by atoms with Gasteiger partial charge in [0.25, 0.3) is 0 Å². The largest absolute Gasteiger partial charge is 0.218 e. The van der Waals surface area contributed by atoms with Crippen LogP contribution in [0.3, 0.4) is 0 Å². The fourth-order valence-electron chi connectivity index (χ4n) is 2.45. The summed E-state index contributed by atoms with van der Waals surface area (Å²) in [5.41, 5.74) is 1.17. The van der Waals surface area contributed by atoms with Gasteiger partial charge >= 0.3 is 0 Å². The molecule has 1 unspecified atom stereocenters. The first-order chi connectivity index (χ1) is 9.85. The minimum absolute atomic E-state index is 0.00153. The Morgan fingerprint density at radius 2 is 2.00 bits per heavy atom. The van der Waals surface area contributed by atoms with Crippen LogP contribution in [-0.2, 0) is 15.8 Å². The van der Waals surface area contributed by atoms with E-state index in [4.69, 9.17) is 5.26 Å². The molecule has 0 aromatic heterocycles. The van der Waals surface area contributed by atoms with Gasteiger partial charge in [-0.15, -0.1) is 0 Å². The number of sulfonamides is 1. The highest BCUT2D eigenvalue weighted by atomic mass is 32.2.